The van der Waals surface area contributed by atoms with Crippen molar-refractivity contribution in [1.29, 1.82) is 0 Å². The van der Waals surface area contributed by atoms with Gasteiger partial charge in [-0.15, -0.1) is 23.1 Å². The van der Waals surface area contributed by atoms with Gasteiger partial charge in [-0.1, -0.05) is 12.1 Å². The fraction of sp³-hybridized carbons (Fsp3) is 0.190. The van der Waals surface area contributed by atoms with E-state index in [0.717, 1.165) is 39.7 Å². The summed E-state index contributed by atoms with van der Waals surface area (Å²) in [6, 6.07) is 13.3. The number of carbonyl (C=O) groups excluding carboxylic acids is 2. The molecule has 2 heterocycles. The van der Waals surface area contributed by atoms with E-state index in [2.05, 4.69) is 10.3 Å². The maximum atomic E-state index is 12.9. The molecule has 0 aliphatic carbocycles. The van der Waals surface area contributed by atoms with E-state index in [4.69, 9.17) is 0 Å². The van der Waals surface area contributed by atoms with Crippen LogP contribution in [0.25, 0.3) is 0 Å². The zero-order valence-electron chi connectivity index (χ0n) is 15.3. The van der Waals surface area contributed by atoms with Crippen LogP contribution in [0.3, 0.4) is 0 Å². The first-order chi connectivity index (χ1) is 13.6. The number of thioether (sulfide) groups is 1. The second-order valence-electron chi connectivity index (χ2n) is 6.48. The van der Waals surface area contributed by atoms with E-state index in [-0.39, 0.29) is 11.8 Å². The Kier molecular flexibility index (Phi) is 5.45. The number of fused-ring (bicyclic) bond motifs is 1. The third-order valence-electron chi connectivity index (χ3n) is 4.60. The lowest BCUT2D eigenvalue weighted by Gasteiger charge is -2.15. The van der Waals surface area contributed by atoms with Crippen molar-refractivity contribution in [2.75, 3.05) is 16.8 Å². The number of thiazole rings is 1. The molecule has 1 aliphatic rings. The van der Waals surface area contributed by atoms with Crippen molar-refractivity contribution in [3.63, 3.8) is 0 Å². The van der Waals surface area contributed by atoms with Crippen LogP contribution in [0.4, 0.5) is 11.4 Å². The number of carbonyl (C=O) groups is 2. The summed E-state index contributed by atoms with van der Waals surface area (Å²) in [5.74, 6) is 0.636. The van der Waals surface area contributed by atoms with E-state index >= 15 is 0 Å². The van der Waals surface area contributed by atoms with E-state index < -0.39 is 0 Å². The van der Waals surface area contributed by atoms with Gasteiger partial charge < -0.3 is 10.2 Å². The molecule has 7 heteroatoms. The highest BCUT2D eigenvalue weighted by atomic mass is 32.2. The summed E-state index contributed by atoms with van der Waals surface area (Å²) < 4.78 is 0. The maximum absolute atomic E-state index is 12.9. The van der Waals surface area contributed by atoms with Gasteiger partial charge in [0.25, 0.3) is 5.91 Å². The van der Waals surface area contributed by atoms with Gasteiger partial charge in [0.05, 0.1) is 16.8 Å². The summed E-state index contributed by atoms with van der Waals surface area (Å²) in [6.45, 7) is 2.27. The number of hydrogen-bond acceptors (Lipinski definition) is 5. The Morgan fingerprint density at radius 1 is 1.25 bits per heavy atom. The fourth-order valence-corrected chi connectivity index (χ4v) is 4.86. The third kappa shape index (κ3) is 3.95. The van der Waals surface area contributed by atoms with Gasteiger partial charge in [-0.25, -0.2) is 4.98 Å². The van der Waals surface area contributed by atoms with E-state index in [9.17, 15) is 9.59 Å². The number of nitrogens with zero attached hydrogens (tertiary/aromatic N) is 2. The standard InChI is InChI=1S/C21H19N3O2S2/c1-14(25)24-9-8-15-10-16(6-7-19(15)24)23-21(26)18-4-2-3-5-20(18)28-12-17-11-27-13-22-17/h2-7,10-11,13H,8-9,12H2,1H3,(H,23,26). The highest BCUT2D eigenvalue weighted by Crippen LogP contribution is 2.31. The Morgan fingerprint density at radius 3 is 2.89 bits per heavy atom. The van der Waals surface area contributed by atoms with Crippen molar-refractivity contribution in [2.24, 2.45) is 0 Å². The lowest BCUT2D eigenvalue weighted by Crippen LogP contribution is -2.25. The van der Waals surface area contributed by atoms with Crippen LogP contribution in [-0.4, -0.2) is 23.3 Å². The monoisotopic (exact) mass is 409 g/mol. The molecule has 0 spiro atoms. The van der Waals surface area contributed by atoms with Crippen LogP contribution < -0.4 is 10.2 Å². The van der Waals surface area contributed by atoms with Crippen LogP contribution in [-0.2, 0) is 17.0 Å². The summed E-state index contributed by atoms with van der Waals surface area (Å²) in [5.41, 5.74) is 6.24. The maximum Gasteiger partial charge on any atom is 0.256 e. The number of benzene rings is 2. The van der Waals surface area contributed by atoms with Crippen molar-refractivity contribution in [2.45, 2.75) is 24.0 Å². The van der Waals surface area contributed by atoms with Crippen molar-refractivity contribution >= 4 is 46.3 Å². The SMILES string of the molecule is CC(=O)N1CCc2cc(NC(=O)c3ccccc3SCc3cscn3)ccc21. The number of hydrogen-bond donors (Lipinski definition) is 1. The lowest BCUT2D eigenvalue weighted by atomic mass is 10.1. The first kappa shape index (κ1) is 18.7. The molecule has 4 rings (SSSR count). The van der Waals surface area contributed by atoms with E-state index in [1.54, 1.807) is 34.9 Å². The van der Waals surface area contributed by atoms with Gasteiger partial charge in [0.1, 0.15) is 0 Å². The number of aromatic nitrogens is 1. The summed E-state index contributed by atoms with van der Waals surface area (Å²) in [6.07, 6.45) is 0.804. The van der Waals surface area contributed by atoms with E-state index in [1.807, 2.05) is 53.4 Å². The molecular formula is C21H19N3O2S2. The summed E-state index contributed by atoms with van der Waals surface area (Å²) in [4.78, 5) is 31.5. The van der Waals surface area contributed by atoms with Crippen LogP contribution in [0.5, 0.6) is 0 Å². The molecule has 1 aliphatic heterocycles. The quantitative estimate of drug-likeness (QED) is 0.626. The average molecular weight is 410 g/mol. The van der Waals surface area contributed by atoms with Crippen molar-refractivity contribution in [3.05, 3.63) is 70.2 Å². The highest BCUT2D eigenvalue weighted by Gasteiger charge is 2.22. The summed E-state index contributed by atoms with van der Waals surface area (Å²) in [7, 11) is 0. The third-order valence-corrected chi connectivity index (χ3v) is 6.35. The Hall–Kier alpha value is -2.64. The molecule has 28 heavy (non-hydrogen) atoms. The second kappa shape index (κ2) is 8.16. The average Bonchev–Trinajstić information content (AvgIpc) is 3.36. The lowest BCUT2D eigenvalue weighted by molar-refractivity contribution is -0.116. The predicted molar refractivity (Wildman–Crippen MR) is 114 cm³/mol. The molecular weight excluding hydrogens is 390 g/mol. The molecule has 1 aromatic heterocycles. The van der Waals surface area contributed by atoms with Crippen molar-refractivity contribution in [1.82, 2.24) is 4.98 Å². The van der Waals surface area contributed by atoms with Gasteiger partial charge in [0, 0.05) is 40.9 Å². The van der Waals surface area contributed by atoms with Gasteiger partial charge in [0.2, 0.25) is 5.91 Å². The largest absolute Gasteiger partial charge is 0.322 e. The van der Waals surface area contributed by atoms with Gasteiger partial charge in [-0.05, 0) is 42.3 Å². The minimum Gasteiger partial charge on any atom is -0.322 e. The molecule has 0 unspecified atom stereocenters. The molecule has 2 aromatic carbocycles. The Morgan fingerprint density at radius 2 is 2.11 bits per heavy atom. The van der Waals surface area contributed by atoms with Crippen molar-refractivity contribution in [3.8, 4) is 0 Å². The normalized spacial score (nSPS) is 12.7. The molecule has 3 aromatic rings. The molecule has 0 bridgehead atoms. The molecule has 0 radical (unpaired) electrons. The molecule has 1 N–H and O–H groups in total. The first-order valence-electron chi connectivity index (χ1n) is 8.93. The zero-order valence-corrected chi connectivity index (χ0v) is 17.0. The molecule has 0 fully saturated rings. The Balaban J connectivity index is 1.49. The predicted octanol–water partition coefficient (Wildman–Crippen LogP) is 4.60. The second-order valence-corrected chi connectivity index (χ2v) is 8.22. The molecule has 5 nitrogen and oxygen atoms in total. The first-order valence-corrected chi connectivity index (χ1v) is 10.9. The smallest absolute Gasteiger partial charge is 0.256 e. The Labute approximate surface area is 171 Å². The van der Waals surface area contributed by atoms with E-state index in [1.165, 1.54) is 0 Å². The molecule has 0 atom stereocenters. The number of rotatable bonds is 5. The Bertz CT molecular complexity index is 1020. The fourth-order valence-electron chi connectivity index (χ4n) is 3.25. The topological polar surface area (TPSA) is 62.3 Å². The summed E-state index contributed by atoms with van der Waals surface area (Å²) in [5, 5.41) is 5.01. The zero-order chi connectivity index (χ0) is 19.5. The molecule has 0 saturated carbocycles. The van der Waals surface area contributed by atoms with Crippen LogP contribution >= 0.6 is 23.1 Å². The molecule has 142 valence electrons. The minimum atomic E-state index is -0.136. The van der Waals surface area contributed by atoms with Crippen LogP contribution in [0.2, 0.25) is 0 Å². The van der Waals surface area contributed by atoms with Gasteiger partial charge in [-0.3, -0.25) is 9.59 Å². The number of amides is 2. The molecule has 2 amide bonds. The van der Waals surface area contributed by atoms with Crippen LogP contribution in [0, 0.1) is 0 Å². The van der Waals surface area contributed by atoms with E-state index in [0.29, 0.717) is 12.1 Å². The minimum absolute atomic E-state index is 0.0431. The van der Waals surface area contributed by atoms with Gasteiger partial charge in [-0.2, -0.15) is 0 Å². The van der Waals surface area contributed by atoms with Crippen LogP contribution in [0.1, 0.15) is 28.5 Å². The van der Waals surface area contributed by atoms with Crippen molar-refractivity contribution < 1.29 is 9.59 Å². The molecule has 0 saturated heterocycles. The number of nitrogens with one attached hydrogen (secondary N) is 1. The van der Waals surface area contributed by atoms with Gasteiger partial charge >= 0.3 is 0 Å². The summed E-state index contributed by atoms with van der Waals surface area (Å²) >= 11 is 3.18. The number of anilines is 2. The highest BCUT2D eigenvalue weighted by molar-refractivity contribution is 7.98. The van der Waals surface area contributed by atoms with Gasteiger partial charge in [0.15, 0.2) is 0 Å². The van der Waals surface area contributed by atoms with Crippen LogP contribution in [0.15, 0.2) is 58.3 Å².